The van der Waals surface area contributed by atoms with Crippen LogP contribution in [0.15, 0.2) is 56.9 Å². The fourth-order valence-corrected chi connectivity index (χ4v) is 15.7. The van der Waals surface area contributed by atoms with Crippen LogP contribution in [0.2, 0.25) is 0 Å². The van der Waals surface area contributed by atoms with Crippen molar-refractivity contribution in [2.24, 2.45) is 49.8 Å². The van der Waals surface area contributed by atoms with Gasteiger partial charge in [0, 0.05) is 80.5 Å². The molecule has 3 saturated carbocycles. The summed E-state index contributed by atoms with van der Waals surface area (Å²) in [6.45, 7) is 22.1. The first-order valence-corrected chi connectivity index (χ1v) is 23.6. The summed E-state index contributed by atoms with van der Waals surface area (Å²) in [6.07, 6.45) is 7.36. The highest BCUT2D eigenvalue weighted by Crippen LogP contribution is 2.75. The Hall–Kier alpha value is -2.95. The summed E-state index contributed by atoms with van der Waals surface area (Å²) in [6, 6.07) is 6.53. The van der Waals surface area contributed by atoms with E-state index in [9.17, 15) is 20.1 Å². The third-order valence-corrected chi connectivity index (χ3v) is 19.0. The van der Waals surface area contributed by atoms with Crippen molar-refractivity contribution in [3.05, 3.63) is 68.6 Å². The van der Waals surface area contributed by atoms with E-state index < -0.39 is 39.7 Å². The molecule has 5 heterocycles. The van der Waals surface area contributed by atoms with Gasteiger partial charge in [0.15, 0.2) is 5.78 Å². The highest BCUT2D eigenvalue weighted by atomic mass is 16.6. The summed E-state index contributed by atoms with van der Waals surface area (Å²) >= 11 is 0. The number of nitrogens with zero attached hydrogens (tertiary/aromatic N) is 2. The van der Waals surface area contributed by atoms with Gasteiger partial charge in [0.2, 0.25) is 0 Å². The molecule has 9 nitrogen and oxygen atoms in total. The maximum absolute atomic E-state index is 15.2. The second-order valence-electron chi connectivity index (χ2n) is 23.4. The normalized spacial score (nSPS) is 41.1. The van der Waals surface area contributed by atoms with E-state index in [0.29, 0.717) is 83.5 Å². The number of aryl methyl sites for hydroxylation is 1. The van der Waals surface area contributed by atoms with Gasteiger partial charge in [0.1, 0.15) is 11.9 Å². The average molecular weight is 835 g/mol. The van der Waals surface area contributed by atoms with Crippen molar-refractivity contribution in [2.75, 3.05) is 26.3 Å². The predicted octanol–water partition coefficient (Wildman–Crippen LogP) is 7.87. The lowest BCUT2D eigenvalue weighted by atomic mass is 9.34. The van der Waals surface area contributed by atoms with E-state index in [-0.39, 0.29) is 40.5 Å². The van der Waals surface area contributed by atoms with Gasteiger partial charge >= 0.3 is 0 Å². The molecule has 10 unspecified atom stereocenters. The summed E-state index contributed by atoms with van der Waals surface area (Å²) in [5, 5.41) is 37.2. The number of rotatable bonds is 6. The Kier molecular flexibility index (Phi) is 9.33. The van der Waals surface area contributed by atoms with Gasteiger partial charge in [-0.05, 0) is 122 Å². The second-order valence-corrected chi connectivity index (χ2v) is 23.4. The lowest BCUT2D eigenvalue weighted by Gasteiger charge is -2.70. The van der Waals surface area contributed by atoms with Crippen LogP contribution in [0.3, 0.4) is 0 Å². The molecule has 9 aliphatic rings. The second kappa shape index (κ2) is 13.5. The average Bonchev–Trinajstić information content (AvgIpc) is 3.43. The first-order chi connectivity index (χ1) is 28.6. The molecular weight excluding hydrogens is 765 g/mol. The summed E-state index contributed by atoms with van der Waals surface area (Å²) < 4.78 is 11.6. The summed E-state index contributed by atoms with van der Waals surface area (Å²) in [5.74, 6) is 0.209. The maximum atomic E-state index is 15.2. The number of allylic oxidation sites excluding steroid dienone is 2. The van der Waals surface area contributed by atoms with E-state index in [1.807, 2.05) is 20.1 Å². The zero-order valence-electron chi connectivity index (χ0n) is 38.2. The number of aliphatic hydroxyl groups excluding tert-OH is 2. The number of benzene rings is 1. The van der Waals surface area contributed by atoms with Crippen LogP contribution < -0.4 is 0 Å². The molecule has 330 valence electrons. The molecule has 4 aliphatic carbocycles. The molecule has 9 heteroatoms. The van der Waals surface area contributed by atoms with Crippen LogP contribution in [0.4, 0.5) is 0 Å². The SMILES string of the molecule is Cc1cc(CC2=C3N=CC4=C3N(C2)CC2C3=C(C(=O)CC3(C)C3(C)CCC5C(C)(C)C(=O)CCC5(C)C3C2O)C(C)(CC(O)C2OC2(C)C)CC4)cc(C2(O)CCOCC2)c1. The molecule has 61 heavy (non-hydrogen) atoms. The number of carbonyl (C=O) groups excluding carboxylic acids is 2. The van der Waals surface area contributed by atoms with Crippen LogP contribution in [0, 0.1) is 51.8 Å². The Morgan fingerprint density at radius 1 is 0.951 bits per heavy atom. The van der Waals surface area contributed by atoms with Crippen molar-refractivity contribution in [1.29, 1.82) is 0 Å². The highest BCUT2D eigenvalue weighted by molar-refractivity contribution is 6.02. The minimum Gasteiger partial charge on any atom is -0.392 e. The fourth-order valence-electron chi connectivity index (χ4n) is 15.7. The van der Waals surface area contributed by atoms with Gasteiger partial charge < -0.3 is 29.7 Å². The Bertz CT molecular complexity index is 2230. The minimum absolute atomic E-state index is 0.109. The number of aliphatic hydroxyl groups is 3. The lowest BCUT2D eigenvalue weighted by Crippen LogP contribution is -2.68. The number of hydrogen-bond acceptors (Lipinski definition) is 9. The number of epoxide rings is 1. The van der Waals surface area contributed by atoms with Crippen molar-refractivity contribution in [3.63, 3.8) is 0 Å². The molecule has 0 amide bonds. The van der Waals surface area contributed by atoms with Crippen LogP contribution in [0.5, 0.6) is 0 Å². The van der Waals surface area contributed by atoms with E-state index in [2.05, 4.69) is 71.6 Å². The third-order valence-electron chi connectivity index (χ3n) is 19.0. The van der Waals surface area contributed by atoms with Crippen LogP contribution >= 0.6 is 0 Å². The molecule has 1 aromatic carbocycles. The number of fused-ring (bicyclic) bond motifs is 4. The molecular formula is C52H70N2O7. The molecule has 5 fully saturated rings. The maximum Gasteiger partial charge on any atom is 0.160 e. The number of hydrogen-bond donors (Lipinski definition) is 3. The zero-order valence-corrected chi connectivity index (χ0v) is 38.2. The van der Waals surface area contributed by atoms with Crippen molar-refractivity contribution >= 4 is 17.8 Å². The molecule has 0 spiro atoms. The Balaban J connectivity index is 1.09. The van der Waals surface area contributed by atoms with Crippen molar-refractivity contribution < 1.29 is 34.4 Å². The van der Waals surface area contributed by atoms with Crippen LogP contribution in [-0.4, -0.2) is 88.2 Å². The van der Waals surface area contributed by atoms with E-state index in [1.54, 1.807) is 0 Å². The van der Waals surface area contributed by atoms with E-state index in [4.69, 9.17) is 14.5 Å². The van der Waals surface area contributed by atoms with Crippen molar-refractivity contribution in [1.82, 2.24) is 4.90 Å². The first-order valence-electron chi connectivity index (χ1n) is 23.6. The first kappa shape index (κ1) is 42.0. The van der Waals surface area contributed by atoms with Crippen LogP contribution in [0.1, 0.15) is 136 Å². The summed E-state index contributed by atoms with van der Waals surface area (Å²) in [4.78, 5) is 36.5. The highest BCUT2D eigenvalue weighted by Gasteiger charge is 2.73. The number of carbonyl (C=O) groups is 2. The number of Topliss-reactive ketones (excluding diaryl/α,β-unsaturated/α-hetero) is 2. The molecule has 10 rings (SSSR count). The van der Waals surface area contributed by atoms with Gasteiger partial charge in [-0.25, -0.2) is 0 Å². The largest absolute Gasteiger partial charge is 0.392 e. The Morgan fingerprint density at radius 2 is 1.67 bits per heavy atom. The fraction of sp³-hybridized carbons (Fsp3) is 0.712. The molecule has 10 atom stereocenters. The standard InChI is InChI=1S/C52H70N2O7/c1-29-20-30(23-33(21-29)52(59)16-18-60-19-17-52)22-32-27-54-28-34-39-40(48(6,24-36(56)45-47(4,5)61-45)13-10-31-26-53-41(32)42(31)54)35(55)25-51(39,9)50(8)15-11-37-46(2,3)38(57)12-14-49(37,7)44(50)43(34)58/h20-21,23,26,34,36-37,43-45,56,58-59H,10-19,22,24-25,27-28H2,1-9H3. The smallest absolute Gasteiger partial charge is 0.160 e. The molecule has 0 aromatic heterocycles. The van der Waals surface area contributed by atoms with Gasteiger partial charge in [-0.2, -0.15) is 0 Å². The molecule has 5 aliphatic heterocycles. The Morgan fingerprint density at radius 3 is 2.38 bits per heavy atom. The van der Waals surface area contributed by atoms with Gasteiger partial charge in [-0.15, -0.1) is 0 Å². The molecule has 0 bridgehead atoms. The van der Waals surface area contributed by atoms with E-state index in [1.165, 1.54) is 5.57 Å². The Labute approximate surface area is 363 Å². The van der Waals surface area contributed by atoms with E-state index in [0.717, 1.165) is 64.1 Å². The lowest BCUT2D eigenvalue weighted by molar-refractivity contribution is -0.219. The van der Waals surface area contributed by atoms with Gasteiger partial charge in [0.05, 0.1) is 34.8 Å². The summed E-state index contributed by atoms with van der Waals surface area (Å²) in [5.41, 5.74) is 6.15. The topological polar surface area (TPSA) is 132 Å². The van der Waals surface area contributed by atoms with Crippen LogP contribution in [0.25, 0.3) is 0 Å². The monoisotopic (exact) mass is 835 g/mol. The van der Waals surface area contributed by atoms with Crippen LogP contribution in [-0.2, 0) is 31.1 Å². The van der Waals surface area contributed by atoms with Crippen molar-refractivity contribution in [2.45, 2.75) is 162 Å². The quantitative estimate of drug-likeness (QED) is 0.247. The predicted molar refractivity (Wildman–Crippen MR) is 235 cm³/mol. The molecule has 2 saturated heterocycles. The zero-order chi connectivity index (χ0) is 43.4. The molecule has 0 radical (unpaired) electrons. The number of aliphatic imine (C=N–C) groups is 1. The number of ketones is 2. The summed E-state index contributed by atoms with van der Waals surface area (Å²) in [7, 11) is 0. The van der Waals surface area contributed by atoms with Gasteiger partial charge in [0.25, 0.3) is 0 Å². The van der Waals surface area contributed by atoms with Crippen molar-refractivity contribution in [3.8, 4) is 0 Å². The third kappa shape index (κ3) is 5.98. The number of ether oxygens (including phenoxy) is 2. The molecule has 1 aromatic rings. The van der Waals surface area contributed by atoms with Gasteiger partial charge in [-0.3, -0.25) is 14.6 Å². The molecule has 3 N–H and O–H groups in total. The van der Waals surface area contributed by atoms with Gasteiger partial charge in [-0.1, -0.05) is 65.3 Å². The van der Waals surface area contributed by atoms with E-state index >= 15 is 4.79 Å². The minimum atomic E-state index is -0.906.